The number of carbonyl (C=O) groups is 2. The molecule has 0 bridgehead atoms. The van der Waals surface area contributed by atoms with Gasteiger partial charge in [-0.25, -0.2) is 0 Å². The van der Waals surface area contributed by atoms with Gasteiger partial charge in [-0.3, -0.25) is 9.59 Å². The van der Waals surface area contributed by atoms with Crippen LogP contribution in [0.5, 0.6) is 0 Å². The highest BCUT2D eigenvalue weighted by Gasteiger charge is 2.09. The number of amides is 1. The lowest BCUT2D eigenvalue weighted by Crippen LogP contribution is -2.27. The van der Waals surface area contributed by atoms with Gasteiger partial charge in [0.25, 0.3) is 5.91 Å². The van der Waals surface area contributed by atoms with Crippen molar-refractivity contribution in [2.45, 2.75) is 6.92 Å². The van der Waals surface area contributed by atoms with E-state index in [1.54, 1.807) is 0 Å². The number of rotatable bonds is 3. The summed E-state index contributed by atoms with van der Waals surface area (Å²) in [6.45, 7) is 1.54. The molecule has 16 heavy (non-hydrogen) atoms. The molecule has 0 unspecified atom stereocenters. The normalized spacial score (nSPS) is 10.3. The first kappa shape index (κ1) is 10.8. The number of Topliss-reactive ketones (excluding diaryl/α,β-unsaturated/α-hetero) is 1. The molecule has 4 heteroatoms. The topological polar surface area (TPSA) is 46.2 Å². The molecule has 1 amide bonds. The van der Waals surface area contributed by atoms with E-state index in [0.29, 0.717) is 4.88 Å². The second-order valence-corrected chi connectivity index (χ2v) is 4.62. The van der Waals surface area contributed by atoms with Crippen molar-refractivity contribution in [1.29, 1.82) is 0 Å². The Morgan fingerprint density at radius 1 is 1.31 bits per heavy atom. The Morgan fingerprint density at radius 3 is 2.75 bits per heavy atom. The zero-order valence-electron chi connectivity index (χ0n) is 8.82. The molecule has 0 fully saturated rings. The Labute approximate surface area is 97.1 Å². The Hall–Kier alpha value is -1.68. The largest absolute Gasteiger partial charge is 0.344 e. The molecular weight excluding hydrogens is 222 g/mol. The van der Waals surface area contributed by atoms with Gasteiger partial charge >= 0.3 is 0 Å². The van der Waals surface area contributed by atoms with Gasteiger partial charge in [-0.1, -0.05) is 18.2 Å². The summed E-state index contributed by atoms with van der Waals surface area (Å²) in [5.41, 5.74) is 0. The number of hydrogen-bond donors (Lipinski definition) is 1. The molecule has 3 nitrogen and oxygen atoms in total. The Balaban J connectivity index is 2.20. The van der Waals surface area contributed by atoms with Crippen LogP contribution in [0.25, 0.3) is 10.1 Å². The SMILES string of the molecule is CC(=O)CNC(=O)c1cc2ccccc2s1. The van der Waals surface area contributed by atoms with E-state index in [4.69, 9.17) is 0 Å². The molecule has 0 atom stereocenters. The average Bonchev–Trinajstić information content (AvgIpc) is 2.69. The number of nitrogens with one attached hydrogen (secondary N) is 1. The maximum atomic E-state index is 11.7. The minimum atomic E-state index is -0.184. The van der Waals surface area contributed by atoms with E-state index in [1.807, 2.05) is 30.3 Å². The predicted octanol–water partition coefficient (Wildman–Crippen LogP) is 2.22. The number of ketones is 1. The summed E-state index contributed by atoms with van der Waals surface area (Å²) < 4.78 is 1.08. The molecule has 1 aromatic carbocycles. The first-order valence-corrected chi connectivity index (χ1v) is 5.74. The standard InChI is InChI=1S/C12H11NO2S/c1-8(14)7-13-12(15)11-6-9-4-2-3-5-10(9)16-11/h2-6H,7H2,1H3,(H,13,15). The van der Waals surface area contributed by atoms with Crippen molar-refractivity contribution in [1.82, 2.24) is 5.32 Å². The molecule has 0 aliphatic rings. The Morgan fingerprint density at radius 2 is 2.06 bits per heavy atom. The van der Waals surface area contributed by atoms with Crippen molar-refractivity contribution in [3.63, 3.8) is 0 Å². The molecule has 1 heterocycles. The summed E-state index contributed by atoms with van der Waals surface area (Å²) in [5.74, 6) is -0.231. The molecule has 1 N–H and O–H groups in total. The number of thiophene rings is 1. The van der Waals surface area contributed by atoms with Crippen LogP contribution in [0, 0.1) is 0 Å². The fraction of sp³-hybridized carbons (Fsp3) is 0.167. The highest BCUT2D eigenvalue weighted by Crippen LogP contribution is 2.24. The monoisotopic (exact) mass is 233 g/mol. The van der Waals surface area contributed by atoms with Crippen LogP contribution >= 0.6 is 11.3 Å². The molecular formula is C12H11NO2S. The van der Waals surface area contributed by atoms with Gasteiger partial charge in [0.05, 0.1) is 11.4 Å². The van der Waals surface area contributed by atoms with Gasteiger partial charge in [0.15, 0.2) is 0 Å². The fourth-order valence-corrected chi connectivity index (χ4v) is 2.36. The van der Waals surface area contributed by atoms with Gasteiger partial charge in [0.2, 0.25) is 0 Å². The van der Waals surface area contributed by atoms with E-state index in [0.717, 1.165) is 10.1 Å². The molecule has 0 aliphatic carbocycles. The summed E-state index contributed by atoms with van der Waals surface area (Å²) in [4.78, 5) is 23.0. The zero-order valence-corrected chi connectivity index (χ0v) is 9.64. The van der Waals surface area contributed by atoms with Crippen LogP contribution in [0.15, 0.2) is 30.3 Å². The van der Waals surface area contributed by atoms with Crippen molar-refractivity contribution < 1.29 is 9.59 Å². The minimum Gasteiger partial charge on any atom is -0.344 e. The van der Waals surface area contributed by atoms with Crippen molar-refractivity contribution >= 4 is 33.1 Å². The third-order valence-electron chi connectivity index (χ3n) is 2.15. The van der Waals surface area contributed by atoms with Crippen LogP contribution < -0.4 is 5.32 Å². The van der Waals surface area contributed by atoms with Crippen LogP contribution in [-0.2, 0) is 4.79 Å². The lowest BCUT2D eigenvalue weighted by atomic mass is 10.2. The number of hydrogen-bond acceptors (Lipinski definition) is 3. The van der Waals surface area contributed by atoms with Crippen LogP contribution in [0.1, 0.15) is 16.6 Å². The Bertz CT molecular complexity index is 512. The molecule has 2 rings (SSSR count). The van der Waals surface area contributed by atoms with E-state index in [-0.39, 0.29) is 18.2 Å². The van der Waals surface area contributed by atoms with Crippen molar-refractivity contribution in [2.75, 3.05) is 6.54 Å². The summed E-state index contributed by atoms with van der Waals surface area (Å²) in [6.07, 6.45) is 0. The number of carbonyl (C=O) groups excluding carboxylic acids is 2. The molecule has 0 radical (unpaired) electrons. The van der Waals surface area contributed by atoms with E-state index in [9.17, 15) is 9.59 Å². The van der Waals surface area contributed by atoms with Crippen LogP contribution in [0.4, 0.5) is 0 Å². The van der Waals surface area contributed by atoms with Gasteiger partial charge in [-0.15, -0.1) is 11.3 Å². The third kappa shape index (κ3) is 2.28. The van der Waals surface area contributed by atoms with Crippen LogP contribution in [0.2, 0.25) is 0 Å². The van der Waals surface area contributed by atoms with Gasteiger partial charge in [0, 0.05) is 4.70 Å². The van der Waals surface area contributed by atoms with E-state index in [2.05, 4.69) is 5.32 Å². The van der Waals surface area contributed by atoms with Crippen LogP contribution in [-0.4, -0.2) is 18.2 Å². The average molecular weight is 233 g/mol. The summed E-state index contributed by atoms with van der Waals surface area (Å²) >= 11 is 1.43. The third-order valence-corrected chi connectivity index (χ3v) is 3.26. The lowest BCUT2D eigenvalue weighted by molar-refractivity contribution is -0.116. The molecule has 0 saturated carbocycles. The van der Waals surface area contributed by atoms with Gasteiger partial charge in [-0.05, 0) is 24.4 Å². The highest BCUT2D eigenvalue weighted by molar-refractivity contribution is 7.20. The quantitative estimate of drug-likeness (QED) is 0.883. The highest BCUT2D eigenvalue weighted by atomic mass is 32.1. The van der Waals surface area contributed by atoms with Gasteiger partial charge < -0.3 is 5.32 Å². The maximum Gasteiger partial charge on any atom is 0.261 e. The van der Waals surface area contributed by atoms with E-state index >= 15 is 0 Å². The van der Waals surface area contributed by atoms with Crippen molar-refractivity contribution in [3.05, 3.63) is 35.2 Å². The summed E-state index contributed by atoms with van der Waals surface area (Å²) in [5, 5.41) is 3.64. The molecule has 2 aromatic rings. The second-order valence-electron chi connectivity index (χ2n) is 3.53. The van der Waals surface area contributed by atoms with E-state index < -0.39 is 0 Å². The number of fused-ring (bicyclic) bond motifs is 1. The van der Waals surface area contributed by atoms with Crippen molar-refractivity contribution in [3.8, 4) is 0 Å². The smallest absolute Gasteiger partial charge is 0.261 e. The molecule has 82 valence electrons. The molecule has 0 spiro atoms. The minimum absolute atomic E-state index is 0.0468. The first-order chi connectivity index (χ1) is 7.66. The lowest BCUT2D eigenvalue weighted by Gasteiger charge is -1.98. The van der Waals surface area contributed by atoms with Gasteiger partial charge in [-0.2, -0.15) is 0 Å². The number of benzene rings is 1. The summed E-state index contributed by atoms with van der Waals surface area (Å²) in [6, 6.07) is 9.66. The molecule has 0 saturated heterocycles. The predicted molar refractivity (Wildman–Crippen MR) is 64.8 cm³/mol. The Kier molecular flexibility index (Phi) is 3.01. The van der Waals surface area contributed by atoms with E-state index in [1.165, 1.54) is 18.3 Å². The molecule has 0 aliphatic heterocycles. The van der Waals surface area contributed by atoms with Crippen molar-refractivity contribution in [2.24, 2.45) is 0 Å². The maximum absolute atomic E-state index is 11.7. The zero-order chi connectivity index (χ0) is 11.5. The molecule has 1 aromatic heterocycles. The van der Waals surface area contributed by atoms with Crippen LogP contribution in [0.3, 0.4) is 0 Å². The first-order valence-electron chi connectivity index (χ1n) is 4.93. The summed E-state index contributed by atoms with van der Waals surface area (Å²) in [7, 11) is 0. The fourth-order valence-electron chi connectivity index (χ4n) is 1.39. The second kappa shape index (κ2) is 4.45. The van der Waals surface area contributed by atoms with Gasteiger partial charge in [0.1, 0.15) is 5.78 Å².